The fraction of sp³-hybridized carbons (Fsp3) is 0.868. The summed E-state index contributed by atoms with van der Waals surface area (Å²) in [6.07, 6.45) is 33.3. The molecule has 4 aliphatic rings. The van der Waals surface area contributed by atoms with Crippen molar-refractivity contribution in [3.8, 4) is 12.8 Å². The number of allylic oxidation sites excluding steroid dienone is 1. The SMILES string of the molecule is C#C.CCCCCCCCC(=O)O[C@H]1CC[C@@]2(C)C(=CC[C@H]3[C@@H]4CC[C@H]([C@H](C)CCCC(C)C)[C@@]4(C)CC[C@@H]32)C1. The number of hydrogen-bond donors (Lipinski definition) is 0. The van der Waals surface area contributed by atoms with Crippen LogP contribution in [0.2, 0.25) is 0 Å². The molecule has 0 aromatic heterocycles. The summed E-state index contributed by atoms with van der Waals surface area (Å²) in [5.41, 5.74) is 2.54. The zero-order valence-corrected chi connectivity index (χ0v) is 27.3. The lowest BCUT2D eigenvalue weighted by Gasteiger charge is -2.58. The van der Waals surface area contributed by atoms with Crippen LogP contribution in [0.15, 0.2) is 11.6 Å². The van der Waals surface area contributed by atoms with Gasteiger partial charge in [-0.05, 0) is 97.7 Å². The molecule has 0 radical (unpaired) electrons. The van der Waals surface area contributed by atoms with Crippen LogP contribution in [0.25, 0.3) is 0 Å². The fourth-order valence-corrected chi connectivity index (χ4v) is 10.0. The lowest BCUT2D eigenvalue weighted by atomic mass is 9.47. The van der Waals surface area contributed by atoms with Crippen molar-refractivity contribution < 1.29 is 9.53 Å². The van der Waals surface area contributed by atoms with E-state index in [9.17, 15) is 4.79 Å². The molecule has 0 heterocycles. The normalized spacial score (nSPS) is 35.4. The zero-order valence-electron chi connectivity index (χ0n) is 27.3. The summed E-state index contributed by atoms with van der Waals surface area (Å²) in [6, 6.07) is 0. The summed E-state index contributed by atoms with van der Waals surface area (Å²) < 4.78 is 6.04. The topological polar surface area (TPSA) is 26.3 Å². The van der Waals surface area contributed by atoms with Gasteiger partial charge in [0, 0.05) is 12.8 Å². The van der Waals surface area contributed by atoms with Crippen molar-refractivity contribution in [2.24, 2.45) is 46.3 Å². The van der Waals surface area contributed by atoms with Crippen molar-refractivity contribution in [3.63, 3.8) is 0 Å². The molecule has 0 aromatic rings. The molecule has 40 heavy (non-hydrogen) atoms. The molecule has 3 saturated carbocycles. The Morgan fingerprint density at radius 1 is 0.925 bits per heavy atom. The van der Waals surface area contributed by atoms with Crippen LogP contribution in [0.4, 0.5) is 0 Å². The Morgan fingerprint density at radius 3 is 2.38 bits per heavy atom. The van der Waals surface area contributed by atoms with Gasteiger partial charge >= 0.3 is 5.97 Å². The first-order valence-corrected chi connectivity index (χ1v) is 17.4. The van der Waals surface area contributed by atoms with Gasteiger partial charge in [0.25, 0.3) is 0 Å². The number of rotatable bonds is 13. The molecule has 4 aliphatic carbocycles. The van der Waals surface area contributed by atoms with Crippen LogP contribution < -0.4 is 0 Å². The van der Waals surface area contributed by atoms with Crippen LogP contribution in [0.1, 0.15) is 157 Å². The van der Waals surface area contributed by atoms with Crippen LogP contribution in [0.5, 0.6) is 0 Å². The van der Waals surface area contributed by atoms with E-state index in [1.165, 1.54) is 89.9 Å². The number of esters is 1. The number of ether oxygens (including phenoxy) is 1. The minimum absolute atomic E-state index is 0.0522. The Bertz CT molecular complexity index is 838. The molecular weight excluding hydrogens is 488 g/mol. The highest BCUT2D eigenvalue weighted by molar-refractivity contribution is 5.69. The van der Waals surface area contributed by atoms with E-state index in [1.807, 2.05) is 0 Å². The Hall–Kier alpha value is -1.23. The monoisotopic (exact) mass is 552 g/mol. The zero-order chi connectivity index (χ0) is 29.3. The van der Waals surface area contributed by atoms with Crippen molar-refractivity contribution in [1.82, 2.24) is 0 Å². The molecule has 8 atom stereocenters. The van der Waals surface area contributed by atoms with Gasteiger partial charge in [-0.1, -0.05) is 105 Å². The van der Waals surface area contributed by atoms with Crippen LogP contribution in [0.3, 0.4) is 0 Å². The number of fused-ring (bicyclic) bond motifs is 5. The maximum atomic E-state index is 12.6. The van der Waals surface area contributed by atoms with E-state index in [1.54, 1.807) is 5.57 Å². The first-order chi connectivity index (χ1) is 19.2. The van der Waals surface area contributed by atoms with Crippen LogP contribution >= 0.6 is 0 Å². The second-order valence-corrected chi connectivity index (χ2v) is 15.2. The van der Waals surface area contributed by atoms with E-state index in [-0.39, 0.29) is 12.1 Å². The van der Waals surface area contributed by atoms with Crippen molar-refractivity contribution in [2.45, 2.75) is 163 Å². The molecule has 2 heteroatoms. The number of hydrogen-bond acceptors (Lipinski definition) is 2. The van der Waals surface area contributed by atoms with E-state index < -0.39 is 0 Å². The van der Waals surface area contributed by atoms with Crippen molar-refractivity contribution in [1.29, 1.82) is 0 Å². The Kier molecular flexibility index (Phi) is 12.7. The minimum Gasteiger partial charge on any atom is -0.462 e. The van der Waals surface area contributed by atoms with Gasteiger partial charge < -0.3 is 4.74 Å². The second-order valence-electron chi connectivity index (χ2n) is 15.2. The third-order valence-corrected chi connectivity index (χ3v) is 12.3. The van der Waals surface area contributed by atoms with Gasteiger partial charge in [0.15, 0.2) is 0 Å². The average Bonchev–Trinajstić information content (AvgIpc) is 3.29. The van der Waals surface area contributed by atoms with Crippen LogP contribution in [-0.2, 0) is 9.53 Å². The Labute approximate surface area is 249 Å². The highest BCUT2D eigenvalue weighted by atomic mass is 16.5. The average molecular weight is 553 g/mol. The predicted octanol–water partition coefficient (Wildman–Crippen LogP) is 10.9. The lowest BCUT2D eigenvalue weighted by molar-refractivity contribution is -0.151. The smallest absolute Gasteiger partial charge is 0.306 e. The molecule has 0 aliphatic heterocycles. The number of terminal acetylenes is 1. The molecule has 0 saturated heterocycles. The summed E-state index contributed by atoms with van der Waals surface area (Å²) >= 11 is 0. The summed E-state index contributed by atoms with van der Waals surface area (Å²) in [5.74, 6) is 5.34. The van der Waals surface area contributed by atoms with Crippen molar-refractivity contribution in [3.05, 3.63) is 11.6 Å². The minimum atomic E-state index is 0.0522. The van der Waals surface area contributed by atoms with E-state index >= 15 is 0 Å². The van der Waals surface area contributed by atoms with E-state index in [0.29, 0.717) is 17.3 Å². The van der Waals surface area contributed by atoms with Crippen LogP contribution in [-0.4, -0.2) is 12.1 Å². The lowest BCUT2D eigenvalue weighted by Crippen LogP contribution is -2.51. The molecule has 228 valence electrons. The molecule has 0 aromatic carbocycles. The molecule has 2 nitrogen and oxygen atoms in total. The Morgan fingerprint density at radius 2 is 1.65 bits per heavy atom. The quantitative estimate of drug-likeness (QED) is 0.0983. The summed E-state index contributed by atoms with van der Waals surface area (Å²) in [7, 11) is 0. The van der Waals surface area contributed by atoms with Gasteiger partial charge in [0.2, 0.25) is 0 Å². The van der Waals surface area contributed by atoms with Gasteiger partial charge in [0.05, 0.1) is 0 Å². The van der Waals surface area contributed by atoms with Crippen LogP contribution in [0, 0.1) is 59.2 Å². The maximum Gasteiger partial charge on any atom is 0.306 e. The number of carbonyl (C=O) groups is 1. The van der Waals surface area contributed by atoms with Gasteiger partial charge in [-0.3, -0.25) is 4.79 Å². The number of unbranched alkanes of at least 4 members (excludes halogenated alkanes) is 5. The number of carbonyl (C=O) groups excluding carboxylic acids is 1. The summed E-state index contributed by atoms with van der Waals surface area (Å²) in [5, 5.41) is 0. The van der Waals surface area contributed by atoms with E-state index in [0.717, 1.165) is 54.8 Å². The second kappa shape index (κ2) is 15.3. The van der Waals surface area contributed by atoms with E-state index in [2.05, 4.69) is 60.5 Å². The summed E-state index contributed by atoms with van der Waals surface area (Å²) in [6.45, 7) is 14.9. The van der Waals surface area contributed by atoms with Gasteiger partial charge in [0.1, 0.15) is 6.10 Å². The molecule has 0 N–H and O–H groups in total. The fourth-order valence-electron chi connectivity index (χ4n) is 10.0. The molecule has 4 rings (SSSR count). The molecule has 0 amide bonds. The summed E-state index contributed by atoms with van der Waals surface area (Å²) in [4.78, 5) is 12.6. The predicted molar refractivity (Wildman–Crippen MR) is 171 cm³/mol. The third kappa shape index (κ3) is 7.58. The molecule has 3 fully saturated rings. The molecular formula is C38H64O2. The first kappa shape index (κ1) is 33.3. The van der Waals surface area contributed by atoms with Gasteiger partial charge in [-0.2, -0.15) is 0 Å². The Balaban J connectivity index is 0.00000216. The standard InChI is InChI=1S/C36H62O2.C2H2/c1-7-8-9-10-11-12-16-34(37)38-29-21-23-35(5)28(25-29)17-18-30-32-20-19-31(27(4)15-13-14-26(2)3)36(32,6)24-22-33(30)35;1-2/h17,26-27,29-33H,7-16,18-25H2,1-6H3;1-2H/t27-,29+,30+,31-,32+,33+,35+,36-;/m1./s1. The van der Waals surface area contributed by atoms with Crippen molar-refractivity contribution >= 4 is 5.97 Å². The first-order valence-electron chi connectivity index (χ1n) is 17.4. The van der Waals surface area contributed by atoms with Gasteiger partial charge in [-0.25, -0.2) is 0 Å². The largest absolute Gasteiger partial charge is 0.462 e. The highest BCUT2D eigenvalue weighted by Crippen LogP contribution is 2.67. The van der Waals surface area contributed by atoms with Gasteiger partial charge in [-0.15, -0.1) is 12.8 Å². The van der Waals surface area contributed by atoms with Crippen molar-refractivity contribution in [2.75, 3.05) is 0 Å². The third-order valence-electron chi connectivity index (χ3n) is 12.3. The highest BCUT2D eigenvalue weighted by Gasteiger charge is 2.59. The molecule has 0 spiro atoms. The maximum absolute atomic E-state index is 12.6. The van der Waals surface area contributed by atoms with E-state index in [4.69, 9.17) is 4.74 Å². The molecule has 0 unspecified atom stereocenters. The molecule has 0 bridgehead atoms.